The Bertz CT molecular complexity index is 1170. The second-order valence-electron chi connectivity index (χ2n) is 6.02. The second kappa shape index (κ2) is 6.49. The molecule has 0 unspecified atom stereocenters. The van der Waals surface area contributed by atoms with Crippen molar-refractivity contribution in [1.82, 2.24) is 4.40 Å². The van der Waals surface area contributed by atoms with Crippen LogP contribution in [-0.2, 0) is 0 Å². The minimum absolute atomic E-state index is 0.164. The number of aromatic nitrogens is 1. The van der Waals surface area contributed by atoms with Crippen LogP contribution in [0.3, 0.4) is 0 Å². The summed E-state index contributed by atoms with van der Waals surface area (Å²) >= 11 is 0. The molecule has 0 aliphatic rings. The van der Waals surface area contributed by atoms with Crippen LogP contribution >= 0.6 is 0 Å². The molecule has 0 bridgehead atoms. The number of carbonyl (C=O) groups is 1. The average Bonchev–Trinajstić information content (AvgIpc) is 3.15. The van der Waals surface area contributed by atoms with Crippen molar-refractivity contribution in [2.24, 2.45) is 0 Å². The van der Waals surface area contributed by atoms with Crippen molar-refractivity contribution in [2.75, 3.05) is 0 Å². The predicted octanol–water partition coefficient (Wildman–Crippen LogP) is 4.88. The topological polar surface area (TPSA) is 64.6 Å². The Kier molecular flexibility index (Phi) is 4.01. The number of rotatable bonds is 4. The molecule has 6 heteroatoms. The van der Waals surface area contributed by atoms with E-state index in [1.54, 1.807) is 53.1 Å². The van der Waals surface area contributed by atoms with Crippen LogP contribution in [0.4, 0.5) is 10.1 Å². The normalized spacial score (nSPS) is 10.9. The van der Waals surface area contributed by atoms with Crippen molar-refractivity contribution in [3.63, 3.8) is 0 Å². The number of nitrogens with zero attached hydrogens (tertiary/aromatic N) is 2. The molecule has 0 saturated carbocycles. The smallest absolute Gasteiger partial charge is 0.281 e. The monoisotopic (exact) mass is 360 g/mol. The fourth-order valence-electron chi connectivity index (χ4n) is 3.16. The molecular formula is C21H13FN2O3. The van der Waals surface area contributed by atoms with Crippen molar-refractivity contribution < 1.29 is 14.1 Å². The Morgan fingerprint density at radius 1 is 0.963 bits per heavy atom. The number of ketones is 1. The van der Waals surface area contributed by atoms with Crippen LogP contribution in [0.1, 0.15) is 16.1 Å². The number of carbonyl (C=O) groups excluding carboxylic acids is 1. The highest BCUT2D eigenvalue weighted by Gasteiger charge is 2.27. The molecule has 0 spiro atoms. The number of pyridine rings is 1. The minimum Gasteiger partial charge on any atom is -0.313 e. The Morgan fingerprint density at radius 3 is 2.33 bits per heavy atom. The van der Waals surface area contributed by atoms with E-state index in [0.29, 0.717) is 16.6 Å². The van der Waals surface area contributed by atoms with Crippen LogP contribution in [0.2, 0.25) is 0 Å². The fourth-order valence-corrected chi connectivity index (χ4v) is 3.16. The fraction of sp³-hybridized carbons (Fsp3) is 0. The molecule has 0 atom stereocenters. The molecule has 5 nitrogen and oxygen atoms in total. The van der Waals surface area contributed by atoms with Gasteiger partial charge in [-0.1, -0.05) is 42.5 Å². The molecule has 2 aromatic carbocycles. The summed E-state index contributed by atoms with van der Waals surface area (Å²) in [6.07, 6.45) is 1.68. The first kappa shape index (κ1) is 16.7. The average molecular weight is 360 g/mol. The van der Waals surface area contributed by atoms with E-state index in [0.717, 1.165) is 0 Å². The summed E-state index contributed by atoms with van der Waals surface area (Å²) in [6, 6.07) is 18.7. The van der Waals surface area contributed by atoms with Crippen LogP contribution in [-0.4, -0.2) is 15.1 Å². The standard InChI is InChI=1S/C21H13FN2O3/c22-16-10-8-14(9-11-16)19-18(24(26)27)13-17-7-4-12-23(17)20(19)21(25)15-5-2-1-3-6-15/h1-13H. The molecule has 0 fully saturated rings. The van der Waals surface area contributed by atoms with E-state index in [1.807, 2.05) is 0 Å². The summed E-state index contributed by atoms with van der Waals surface area (Å²) in [6.45, 7) is 0. The van der Waals surface area contributed by atoms with Gasteiger partial charge in [-0.15, -0.1) is 0 Å². The van der Waals surface area contributed by atoms with Crippen molar-refractivity contribution in [1.29, 1.82) is 0 Å². The van der Waals surface area contributed by atoms with E-state index in [1.165, 1.54) is 30.3 Å². The second-order valence-corrected chi connectivity index (χ2v) is 6.02. The number of fused-ring (bicyclic) bond motifs is 1. The van der Waals surface area contributed by atoms with Crippen molar-refractivity contribution in [3.05, 3.63) is 106 Å². The maximum Gasteiger partial charge on any atom is 0.281 e. The van der Waals surface area contributed by atoms with Gasteiger partial charge in [0.2, 0.25) is 5.78 Å². The lowest BCUT2D eigenvalue weighted by atomic mass is 9.96. The Balaban J connectivity index is 2.10. The van der Waals surface area contributed by atoms with Crippen LogP contribution in [0.25, 0.3) is 16.6 Å². The molecule has 4 rings (SSSR count). The van der Waals surface area contributed by atoms with E-state index in [2.05, 4.69) is 0 Å². The number of benzene rings is 2. The quantitative estimate of drug-likeness (QED) is 0.296. The summed E-state index contributed by atoms with van der Waals surface area (Å²) < 4.78 is 15.0. The van der Waals surface area contributed by atoms with E-state index >= 15 is 0 Å². The lowest BCUT2D eigenvalue weighted by molar-refractivity contribution is -0.384. The van der Waals surface area contributed by atoms with Gasteiger partial charge >= 0.3 is 0 Å². The number of hydrogen-bond donors (Lipinski definition) is 0. The molecule has 2 aromatic heterocycles. The van der Waals surface area contributed by atoms with Gasteiger partial charge in [0.25, 0.3) is 5.69 Å². The molecule has 0 N–H and O–H groups in total. The van der Waals surface area contributed by atoms with Gasteiger partial charge in [-0.25, -0.2) is 4.39 Å². The van der Waals surface area contributed by atoms with Gasteiger partial charge in [-0.2, -0.15) is 0 Å². The van der Waals surface area contributed by atoms with Crippen LogP contribution in [0.15, 0.2) is 79.0 Å². The Morgan fingerprint density at radius 2 is 1.67 bits per heavy atom. The van der Waals surface area contributed by atoms with Gasteiger partial charge in [-0.05, 0) is 29.8 Å². The number of halogens is 1. The van der Waals surface area contributed by atoms with Crippen molar-refractivity contribution in [3.8, 4) is 11.1 Å². The summed E-state index contributed by atoms with van der Waals surface area (Å²) in [5.74, 6) is -0.806. The zero-order chi connectivity index (χ0) is 19.0. The van der Waals surface area contributed by atoms with Gasteiger partial charge < -0.3 is 4.40 Å². The van der Waals surface area contributed by atoms with Gasteiger partial charge in [0.1, 0.15) is 11.5 Å². The molecule has 0 aliphatic heterocycles. The maximum absolute atomic E-state index is 13.4. The third-order valence-electron chi connectivity index (χ3n) is 4.38. The highest BCUT2D eigenvalue weighted by Crippen LogP contribution is 2.36. The van der Waals surface area contributed by atoms with Gasteiger partial charge in [-0.3, -0.25) is 14.9 Å². The highest BCUT2D eigenvalue weighted by molar-refractivity contribution is 6.13. The lowest BCUT2D eigenvalue weighted by Crippen LogP contribution is -2.11. The van der Waals surface area contributed by atoms with E-state index in [-0.39, 0.29) is 22.7 Å². The van der Waals surface area contributed by atoms with Gasteiger partial charge in [0, 0.05) is 17.8 Å². The first-order chi connectivity index (χ1) is 13.1. The van der Waals surface area contributed by atoms with Crippen LogP contribution in [0, 0.1) is 15.9 Å². The summed E-state index contributed by atoms with van der Waals surface area (Å²) in [5.41, 5.74) is 1.48. The summed E-state index contributed by atoms with van der Waals surface area (Å²) in [5, 5.41) is 11.7. The summed E-state index contributed by atoms with van der Waals surface area (Å²) in [4.78, 5) is 24.5. The molecular weight excluding hydrogens is 347 g/mol. The van der Waals surface area contributed by atoms with Crippen LogP contribution < -0.4 is 0 Å². The lowest BCUT2D eigenvalue weighted by Gasteiger charge is -2.13. The maximum atomic E-state index is 13.4. The number of hydrogen-bond acceptors (Lipinski definition) is 3. The Hall–Kier alpha value is -3.80. The van der Waals surface area contributed by atoms with E-state index in [9.17, 15) is 19.3 Å². The SMILES string of the molecule is O=C(c1ccccc1)c1c(-c2ccc(F)cc2)c([N+](=O)[O-])cc2cccn12. The molecule has 0 aliphatic carbocycles. The molecule has 0 radical (unpaired) electrons. The molecule has 0 saturated heterocycles. The van der Waals surface area contributed by atoms with Gasteiger partial charge in [0.15, 0.2) is 0 Å². The van der Waals surface area contributed by atoms with Crippen molar-refractivity contribution in [2.45, 2.75) is 0 Å². The number of nitro groups is 1. The first-order valence-corrected chi connectivity index (χ1v) is 8.20. The molecule has 27 heavy (non-hydrogen) atoms. The predicted molar refractivity (Wildman–Crippen MR) is 99.3 cm³/mol. The summed E-state index contributed by atoms with van der Waals surface area (Å²) in [7, 11) is 0. The third-order valence-corrected chi connectivity index (χ3v) is 4.38. The molecule has 2 heterocycles. The van der Waals surface area contributed by atoms with Gasteiger partial charge in [0.05, 0.1) is 16.0 Å². The Labute approximate surface area is 153 Å². The first-order valence-electron chi connectivity index (χ1n) is 8.20. The van der Waals surface area contributed by atoms with E-state index in [4.69, 9.17) is 0 Å². The zero-order valence-corrected chi connectivity index (χ0v) is 14.0. The molecule has 132 valence electrons. The minimum atomic E-state index is -0.520. The molecule has 0 amide bonds. The largest absolute Gasteiger partial charge is 0.313 e. The highest BCUT2D eigenvalue weighted by atomic mass is 19.1. The van der Waals surface area contributed by atoms with E-state index < -0.39 is 10.7 Å². The zero-order valence-electron chi connectivity index (χ0n) is 14.0. The third kappa shape index (κ3) is 2.87. The van der Waals surface area contributed by atoms with Crippen molar-refractivity contribution >= 4 is 17.0 Å². The molecule has 4 aromatic rings. The van der Waals surface area contributed by atoms with Crippen LogP contribution in [0.5, 0.6) is 0 Å².